The highest BCUT2D eigenvalue weighted by molar-refractivity contribution is 6.06. The summed E-state index contributed by atoms with van der Waals surface area (Å²) in [6, 6.07) is 2.04. The van der Waals surface area contributed by atoms with E-state index in [1.54, 1.807) is 12.3 Å². The summed E-state index contributed by atoms with van der Waals surface area (Å²) in [6.07, 6.45) is 7.70. The molecule has 0 spiro atoms. The van der Waals surface area contributed by atoms with Crippen molar-refractivity contribution in [3.63, 3.8) is 0 Å². The molecule has 0 bridgehead atoms. The predicted octanol–water partition coefficient (Wildman–Crippen LogP) is 0.334. The topological polar surface area (TPSA) is 147 Å². The van der Waals surface area contributed by atoms with Gasteiger partial charge in [0.15, 0.2) is 0 Å². The predicted molar refractivity (Wildman–Crippen MR) is 128 cm³/mol. The van der Waals surface area contributed by atoms with Crippen LogP contribution in [0.1, 0.15) is 38.1 Å². The third kappa shape index (κ3) is 7.60. The molecule has 0 aliphatic carbocycles. The number of nitrogens with one attached hydrogen (secondary N) is 3. The fourth-order valence-electron chi connectivity index (χ4n) is 3.48. The zero-order valence-corrected chi connectivity index (χ0v) is 20.1. The number of hydrogen-bond donors (Lipinski definition) is 4. The zero-order chi connectivity index (χ0) is 25.3. The fraction of sp³-hybridized carbons (Fsp3) is 0.458. The molecule has 1 aliphatic heterocycles. The Morgan fingerprint density at radius 1 is 1.00 bits per heavy atom. The van der Waals surface area contributed by atoms with Crippen molar-refractivity contribution in [2.24, 2.45) is 17.6 Å². The Balaban J connectivity index is 1.87. The van der Waals surface area contributed by atoms with Crippen molar-refractivity contribution in [3.8, 4) is 0 Å². The molecular weight excluding hydrogens is 436 g/mol. The van der Waals surface area contributed by atoms with Crippen LogP contribution >= 0.6 is 0 Å². The summed E-state index contributed by atoms with van der Waals surface area (Å²) < 4.78 is 0. The largest absolute Gasteiger partial charge is 0.366 e. The van der Waals surface area contributed by atoms with E-state index in [2.05, 4.69) is 20.9 Å². The number of primary amides is 1. The van der Waals surface area contributed by atoms with E-state index in [4.69, 9.17) is 5.73 Å². The molecular formula is C24H34N6O4. The third-order valence-corrected chi connectivity index (χ3v) is 5.42. The molecule has 2 heterocycles. The van der Waals surface area contributed by atoms with Crippen molar-refractivity contribution in [2.45, 2.75) is 39.8 Å². The molecule has 34 heavy (non-hydrogen) atoms. The van der Waals surface area contributed by atoms with Crippen LogP contribution in [0.5, 0.6) is 0 Å². The Hall–Kier alpha value is -3.37. The van der Waals surface area contributed by atoms with Crippen LogP contribution < -0.4 is 21.7 Å². The third-order valence-electron chi connectivity index (χ3n) is 5.42. The van der Waals surface area contributed by atoms with Gasteiger partial charge in [-0.3, -0.25) is 29.5 Å². The first-order valence-corrected chi connectivity index (χ1v) is 11.3. The average Bonchev–Trinajstić information content (AvgIpc) is 2.81. The number of carbonyl (C=O) groups excluding carboxylic acids is 4. The van der Waals surface area contributed by atoms with Gasteiger partial charge in [-0.05, 0) is 30.0 Å². The van der Waals surface area contributed by atoms with Gasteiger partial charge < -0.3 is 21.3 Å². The number of nitrogens with two attached hydrogens (primary N) is 1. The van der Waals surface area contributed by atoms with E-state index in [-0.39, 0.29) is 24.3 Å². The lowest BCUT2D eigenvalue weighted by molar-refractivity contribution is -0.131. The SMILES string of the molecule is CC(C)C(NCCNC(C(=O)N1C=CC(C(N)=O)=CC1)C(C)C)C(=O)NC(=O)c1ccncc1. The summed E-state index contributed by atoms with van der Waals surface area (Å²) >= 11 is 0. The van der Waals surface area contributed by atoms with E-state index in [9.17, 15) is 19.2 Å². The first kappa shape index (κ1) is 26.9. The van der Waals surface area contributed by atoms with Crippen LogP contribution in [0.2, 0.25) is 0 Å². The summed E-state index contributed by atoms with van der Waals surface area (Å²) in [7, 11) is 0. The lowest BCUT2D eigenvalue weighted by Crippen LogP contribution is -2.53. The molecule has 10 nitrogen and oxygen atoms in total. The van der Waals surface area contributed by atoms with E-state index in [0.717, 1.165) is 0 Å². The minimum Gasteiger partial charge on any atom is -0.366 e. The number of carbonyl (C=O) groups is 4. The van der Waals surface area contributed by atoms with Crippen molar-refractivity contribution < 1.29 is 19.2 Å². The van der Waals surface area contributed by atoms with E-state index in [0.29, 0.717) is 24.2 Å². The van der Waals surface area contributed by atoms with Crippen molar-refractivity contribution in [2.75, 3.05) is 19.6 Å². The minimum atomic E-state index is -0.580. The second kappa shape index (κ2) is 12.8. The van der Waals surface area contributed by atoms with Crippen LogP contribution in [0.4, 0.5) is 0 Å². The molecule has 1 aliphatic rings. The molecule has 5 N–H and O–H groups in total. The number of pyridine rings is 1. The van der Waals surface area contributed by atoms with E-state index in [1.807, 2.05) is 27.7 Å². The van der Waals surface area contributed by atoms with Gasteiger partial charge in [0.05, 0.1) is 12.1 Å². The van der Waals surface area contributed by atoms with Gasteiger partial charge in [0.1, 0.15) is 0 Å². The van der Waals surface area contributed by atoms with Gasteiger partial charge >= 0.3 is 0 Å². The Labute approximate surface area is 200 Å². The van der Waals surface area contributed by atoms with Gasteiger partial charge in [0, 0.05) is 49.4 Å². The Morgan fingerprint density at radius 2 is 1.59 bits per heavy atom. The number of hydrogen-bond acceptors (Lipinski definition) is 7. The summed E-state index contributed by atoms with van der Waals surface area (Å²) in [6.45, 7) is 8.78. The zero-order valence-electron chi connectivity index (χ0n) is 20.1. The van der Waals surface area contributed by atoms with Crippen LogP contribution in [0.15, 0.2) is 48.5 Å². The fourth-order valence-corrected chi connectivity index (χ4v) is 3.48. The standard InChI is InChI=1S/C24H34N6O4/c1-15(2)19(23(33)29-22(32)18-5-9-26-10-6-18)27-11-12-28-20(16(3)4)24(34)30-13-7-17(8-14-30)21(25)31/h5-10,13,15-16,19-20,27-28H,11-12,14H2,1-4H3,(H2,25,31)(H,29,32,33). The molecule has 0 fully saturated rings. The maximum Gasteiger partial charge on any atom is 0.257 e. The van der Waals surface area contributed by atoms with Crippen LogP contribution in [0, 0.1) is 11.8 Å². The van der Waals surface area contributed by atoms with Crippen LogP contribution in [-0.4, -0.2) is 65.2 Å². The summed E-state index contributed by atoms with van der Waals surface area (Å²) in [5.74, 6) is -1.58. The lowest BCUT2D eigenvalue weighted by atomic mass is 10.0. The molecule has 0 aromatic carbocycles. The highest BCUT2D eigenvalue weighted by Gasteiger charge is 2.27. The average molecular weight is 471 g/mol. The highest BCUT2D eigenvalue weighted by Crippen LogP contribution is 2.12. The number of amides is 4. The molecule has 4 amide bonds. The van der Waals surface area contributed by atoms with Gasteiger partial charge in [0.25, 0.3) is 5.91 Å². The van der Waals surface area contributed by atoms with Crippen LogP contribution in [0.3, 0.4) is 0 Å². The second-order valence-electron chi connectivity index (χ2n) is 8.74. The van der Waals surface area contributed by atoms with Crippen LogP contribution in [0.25, 0.3) is 0 Å². The van der Waals surface area contributed by atoms with Crippen LogP contribution in [-0.2, 0) is 14.4 Å². The van der Waals surface area contributed by atoms with Crippen molar-refractivity contribution in [1.29, 1.82) is 0 Å². The summed E-state index contributed by atoms with van der Waals surface area (Å²) in [5, 5.41) is 8.84. The van der Waals surface area contributed by atoms with Crippen molar-refractivity contribution >= 4 is 23.6 Å². The van der Waals surface area contributed by atoms with Crippen molar-refractivity contribution in [3.05, 3.63) is 54.0 Å². The first-order chi connectivity index (χ1) is 16.1. The molecule has 1 aromatic heterocycles. The second-order valence-corrected chi connectivity index (χ2v) is 8.74. The number of aromatic nitrogens is 1. The van der Waals surface area contributed by atoms with E-state index in [1.165, 1.54) is 35.5 Å². The monoisotopic (exact) mass is 470 g/mol. The molecule has 10 heteroatoms. The number of imide groups is 1. The molecule has 2 rings (SSSR count). The normalized spacial score (nSPS) is 15.1. The minimum absolute atomic E-state index is 0.0181. The molecule has 184 valence electrons. The van der Waals surface area contributed by atoms with Gasteiger partial charge in [0.2, 0.25) is 17.7 Å². The van der Waals surface area contributed by atoms with E-state index >= 15 is 0 Å². The molecule has 2 atom stereocenters. The Kier molecular flexibility index (Phi) is 10.1. The summed E-state index contributed by atoms with van der Waals surface area (Å²) in [4.78, 5) is 54.6. The van der Waals surface area contributed by atoms with Gasteiger partial charge in [-0.25, -0.2) is 0 Å². The molecule has 1 aromatic rings. The molecule has 0 saturated carbocycles. The lowest BCUT2D eigenvalue weighted by Gasteiger charge is -2.29. The quantitative estimate of drug-likeness (QED) is 0.341. The first-order valence-electron chi connectivity index (χ1n) is 11.3. The smallest absolute Gasteiger partial charge is 0.257 e. The Morgan fingerprint density at radius 3 is 2.09 bits per heavy atom. The Bertz CT molecular complexity index is 942. The number of nitrogens with zero attached hydrogens (tertiary/aromatic N) is 2. The van der Waals surface area contributed by atoms with Gasteiger partial charge in [-0.15, -0.1) is 0 Å². The van der Waals surface area contributed by atoms with Crippen molar-refractivity contribution in [1.82, 2.24) is 25.8 Å². The highest BCUT2D eigenvalue weighted by atomic mass is 16.2. The maximum atomic E-state index is 13.0. The van der Waals surface area contributed by atoms with Gasteiger partial charge in [-0.1, -0.05) is 33.8 Å². The molecule has 0 saturated heterocycles. The molecule has 2 unspecified atom stereocenters. The van der Waals surface area contributed by atoms with E-state index < -0.39 is 29.8 Å². The van der Waals surface area contributed by atoms with Gasteiger partial charge in [-0.2, -0.15) is 0 Å². The molecule has 0 radical (unpaired) electrons. The number of rotatable bonds is 11. The maximum absolute atomic E-state index is 13.0. The summed E-state index contributed by atoms with van der Waals surface area (Å²) in [5.41, 5.74) is 6.00.